The van der Waals surface area contributed by atoms with Gasteiger partial charge in [0.05, 0.1) is 16.6 Å². The van der Waals surface area contributed by atoms with Crippen molar-refractivity contribution in [2.24, 2.45) is 0 Å². The van der Waals surface area contributed by atoms with Crippen LogP contribution in [0.3, 0.4) is 0 Å². The number of carbonyl (C=O) groups excluding carboxylic acids is 1. The van der Waals surface area contributed by atoms with E-state index in [1.54, 1.807) is 23.1 Å². The molecule has 5 nitrogen and oxygen atoms in total. The molecule has 2 aromatic heterocycles. The van der Waals surface area contributed by atoms with E-state index < -0.39 is 0 Å². The summed E-state index contributed by atoms with van der Waals surface area (Å²) >= 11 is 3.18. The highest BCUT2D eigenvalue weighted by atomic mass is 32.2. The number of thiophene rings is 1. The Morgan fingerprint density at radius 1 is 1.50 bits per heavy atom. The van der Waals surface area contributed by atoms with Crippen molar-refractivity contribution < 1.29 is 9.32 Å². The Morgan fingerprint density at radius 2 is 2.45 bits per heavy atom. The van der Waals surface area contributed by atoms with Crippen molar-refractivity contribution in [3.05, 3.63) is 22.7 Å². The molecule has 20 heavy (non-hydrogen) atoms. The van der Waals surface area contributed by atoms with Crippen molar-refractivity contribution in [3.63, 3.8) is 0 Å². The molecular formula is C13H15N3O2S2. The molecule has 7 heteroatoms. The summed E-state index contributed by atoms with van der Waals surface area (Å²) in [5, 5.41) is 10.9. The van der Waals surface area contributed by atoms with Crippen LogP contribution in [0.1, 0.15) is 25.1 Å². The third kappa shape index (κ3) is 3.21. The fraction of sp³-hybridized carbons (Fsp3) is 0.462. The van der Waals surface area contributed by atoms with E-state index in [0.717, 1.165) is 31.4 Å². The molecule has 0 aliphatic carbocycles. The zero-order chi connectivity index (χ0) is 13.8. The minimum atomic E-state index is 0.000553. The smallest absolute Gasteiger partial charge is 0.258 e. The zero-order valence-electron chi connectivity index (χ0n) is 10.9. The quantitative estimate of drug-likeness (QED) is 0.940. The highest BCUT2D eigenvalue weighted by molar-refractivity contribution is 7.99. The van der Waals surface area contributed by atoms with Gasteiger partial charge in [0.2, 0.25) is 5.91 Å². The van der Waals surface area contributed by atoms with Gasteiger partial charge < -0.3 is 9.84 Å². The fourth-order valence-corrected chi connectivity index (χ4v) is 3.73. The molecule has 1 atom stereocenters. The van der Waals surface area contributed by atoms with Crippen molar-refractivity contribution in [2.45, 2.75) is 30.3 Å². The molecular weight excluding hydrogens is 294 g/mol. The maximum atomic E-state index is 11.8. The van der Waals surface area contributed by atoms with Gasteiger partial charge in [-0.3, -0.25) is 4.79 Å². The summed E-state index contributed by atoms with van der Waals surface area (Å²) in [4.78, 5) is 16.2. The van der Waals surface area contributed by atoms with Gasteiger partial charge >= 0.3 is 0 Å². The lowest BCUT2D eigenvalue weighted by Gasteiger charge is -2.10. The minimum Gasteiger partial charge on any atom is -0.355 e. The molecule has 3 rings (SSSR count). The summed E-state index contributed by atoms with van der Waals surface area (Å²) in [5.41, 5.74) is 0.950. The van der Waals surface area contributed by atoms with Crippen molar-refractivity contribution in [1.82, 2.24) is 15.5 Å². The lowest BCUT2D eigenvalue weighted by molar-refractivity contribution is -0.120. The zero-order valence-corrected chi connectivity index (χ0v) is 12.5. The van der Waals surface area contributed by atoms with Crippen molar-refractivity contribution >= 4 is 29.0 Å². The molecule has 0 radical (unpaired) electrons. The Balaban J connectivity index is 1.59. The van der Waals surface area contributed by atoms with E-state index in [-0.39, 0.29) is 11.2 Å². The normalized spacial score (nSPS) is 19.6. The number of rotatable bonds is 4. The van der Waals surface area contributed by atoms with Crippen LogP contribution in [-0.2, 0) is 10.5 Å². The van der Waals surface area contributed by atoms with Gasteiger partial charge in [0, 0.05) is 11.9 Å². The van der Waals surface area contributed by atoms with Crippen LogP contribution in [-0.4, -0.2) is 27.8 Å². The van der Waals surface area contributed by atoms with E-state index in [4.69, 9.17) is 4.52 Å². The number of carbonyl (C=O) groups is 1. The van der Waals surface area contributed by atoms with Gasteiger partial charge in [0.15, 0.2) is 5.82 Å². The van der Waals surface area contributed by atoms with Crippen molar-refractivity contribution in [1.29, 1.82) is 0 Å². The van der Waals surface area contributed by atoms with E-state index in [2.05, 4.69) is 15.5 Å². The van der Waals surface area contributed by atoms with Gasteiger partial charge in [-0.15, -0.1) is 11.8 Å². The molecule has 2 aromatic rings. The highest BCUT2D eigenvalue weighted by Gasteiger charge is 2.22. The summed E-state index contributed by atoms with van der Waals surface area (Å²) in [7, 11) is 0. The highest BCUT2D eigenvalue weighted by Crippen LogP contribution is 2.25. The second kappa shape index (κ2) is 6.41. The molecule has 1 N–H and O–H groups in total. The molecule has 1 fully saturated rings. The average Bonchev–Trinajstić information content (AvgIpc) is 3.08. The lowest BCUT2D eigenvalue weighted by Crippen LogP contribution is -2.30. The van der Waals surface area contributed by atoms with Gasteiger partial charge in [-0.2, -0.15) is 16.3 Å². The number of aromatic nitrogens is 2. The van der Waals surface area contributed by atoms with E-state index in [1.165, 1.54) is 0 Å². The minimum absolute atomic E-state index is 0.000553. The second-order valence-electron chi connectivity index (χ2n) is 4.61. The molecule has 1 amide bonds. The number of nitrogens with one attached hydrogen (secondary N) is 1. The Hall–Kier alpha value is -1.34. The van der Waals surface area contributed by atoms with E-state index in [1.807, 2.05) is 16.8 Å². The molecule has 1 aliphatic rings. The molecule has 3 heterocycles. The molecule has 1 unspecified atom stereocenters. The summed E-state index contributed by atoms with van der Waals surface area (Å²) in [6, 6.07) is 1.95. The number of nitrogens with zero attached hydrogens (tertiary/aromatic N) is 2. The van der Waals surface area contributed by atoms with Crippen LogP contribution in [0.15, 0.2) is 21.3 Å². The maximum Gasteiger partial charge on any atom is 0.258 e. The molecule has 0 saturated carbocycles. The first kappa shape index (κ1) is 13.6. The first-order chi connectivity index (χ1) is 9.83. The number of thioether (sulfide) groups is 1. The average molecular weight is 309 g/mol. The maximum absolute atomic E-state index is 11.8. The van der Waals surface area contributed by atoms with Crippen LogP contribution in [0.4, 0.5) is 0 Å². The summed E-state index contributed by atoms with van der Waals surface area (Å²) in [6.07, 6.45) is 3.07. The summed E-state index contributed by atoms with van der Waals surface area (Å²) in [5.74, 6) is 1.93. The Morgan fingerprint density at radius 3 is 3.30 bits per heavy atom. The van der Waals surface area contributed by atoms with Gasteiger partial charge in [-0.1, -0.05) is 11.6 Å². The summed E-state index contributed by atoms with van der Waals surface area (Å²) < 4.78 is 5.23. The third-order valence-electron chi connectivity index (χ3n) is 3.13. The Bertz CT molecular complexity index is 568. The standard InChI is InChI=1S/C13H15N3O2S2/c17-12-10(3-1-2-5-14-12)20-8-11-15-13(18-16-11)9-4-6-19-7-9/h4,6-7,10H,1-3,5,8H2,(H,14,17). The molecule has 1 saturated heterocycles. The monoisotopic (exact) mass is 309 g/mol. The number of hydrogen-bond donors (Lipinski definition) is 1. The van der Waals surface area contributed by atoms with Crippen molar-refractivity contribution in [3.8, 4) is 11.5 Å². The van der Waals surface area contributed by atoms with E-state index in [0.29, 0.717) is 17.5 Å². The molecule has 0 bridgehead atoms. The molecule has 0 spiro atoms. The van der Waals surface area contributed by atoms with Crippen LogP contribution in [0, 0.1) is 0 Å². The van der Waals surface area contributed by atoms with E-state index >= 15 is 0 Å². The molecule has 1 aliphatic heterocycles. The Kier molecular flexibility index (Phi) is 4.37. The van der Waals surface area contributed by atoms with Gasteiger partial charge in [-0.25, -0.2) is 0 Å². The van der Waals surface area contributed by atoms with Crippen molar-refractivity contribution in [2.75, 3.05) is 6.54 Å². The Labute approximate surface area is 125 Å². The first-order valence-electron chi connectivity index (χ1n) is 6.57. The van der Waals surface area contributed by atoms with Gasteiger partial charge in [0.1, 0.15) is 0 Å². The lowest BCUT2D eigenvalue weighted by atomic mass is 10.2. The largest absolute Gasteiger partial charge is 0.355 e. The van der Waals surface area contributed by atoms with Gasteiger partial charge in [-0.05, 0) is 24.3 Å². The van der Waals surface area contributed by atoms with Crippen LogP contribution in [0.2, 0.25) is 0 Å². The fourth-order valence-electron chi connectivity index (χ4n) is 2.06. The topological polar surface area (TPSA) is 68.0 Å². The van der Waals surface area contributed by atoms with Crippen LogP contribution >= 0.6 is 23.1 Å². The second-order valence-corrected chi connectivity index (χ2v) is 6.59. The SMILES string of the molecule is O=C1NCCCCC1SCc1noc(-c2ccsc2)n1. The predicted molar refractivity (Wildman–Crippen MR) is 79.6 cm³/mol. The molecule has 0 aromatic carbocycles. The van der Waals surface area contributed by atoms with Gasteiger partial charge in [0.25, 0.3) is 5.89 Å². The number of hydrogen-bond acceptors (Lipinski definition) is 6. The number of amides is 1. The summed E-state index contributed by atoms with van der Waals surface area (Å²) in [6.45, 7) is 0.792. The molecule has 106 valence electrons. The predicted octanol–water partition coefficient (Wildman–Crippen LogP) is 2.70. The van der Waals surface area contributed by atoms with Crippen LogP contribution < -0.4 is 5.32 Å². The van der Waals surface area contributed by atoms with Crippen LogP contribution in [0.25, 0.3) is 11.5 Å². The third-order valence-corrected chi connectivity index (χ3v) is 5.09. The van der Waals surface area contributed by atoms with Crippen LogP contribution in [0.5, 0.6) is 0 Å². The van der Waals surface area contributed by atoms with E-state index in [9.17, 15) is 4.79 Å². The first-order valence-corrected chi connectivity index (χ1v) is 8.56.